The molecule has 1 N–H and O–H groups in total. The fourth-order valence-electron chi connectivity index (χ4n) is 4.27. The van der Waals surface area contributed by atoms with E-state index in [0.717, 1.165) is 33.3 Å². The molecule has 3 aromatic rings. The van der Waals surface area contributed by atoms with Gasteiger partial charge in [-0.05, 0) is 44.9 Å². The molecular weight excluding hydrogens is 544 g/mol. The Bertz CT molecular complexity index is 1490. The highest BCUT2D eigenvalue weighted by atomic mass is 32.2. The van der Waals surface area contributed by atoms with Gasteiger partial charge in [-0.15, -0.1) is 0 Å². The van der Waals surface area contributed by atoms with Crippen LogP contribution in [-0.2, 0) is 32.6 Å². The van der Waals surface area contributed by atoms with Crippen LogP contribution in [0.25, 0.3) is 0 Å². The molecular formula is C30H36N4O6S. The van der Waals surface area contributed by atoms with Crippen LogP contribution in [0.2, 0.25) is 0 Å². The molecule has 0 radical (unpaired) electrons. The molecule has 1 atom stereocenters. The van der Waals surface area contributed by atoms with Crippen LogP contribution in [0.1, 0.15) is 37.5 Å². The number of carbonyl (C=O) groups excluding carboxylic acids is 2. The highest BCUT2D eigenvalue weighted by Gasteiger charge is 2.34. The molecule has 0 spiro atoms. The monoisotopic (exact) mass is 580 g/mol. The number of hydrogen-bond acceptors (Lipinski definition) is 6. The number of nitro benzene ring substituents is 1. The first-order chi connectivity index (χ1) is 19.1. The minimum atomic E-state index is -4.04. The zero-order valence-corrected chi connectivity index (χ0v) is 24.7. The normalized spacial score (nSPS) is 12.3. The van der Waals surface area contributed by atoms with Gasteiger partial charge in [0.1, 0.15) is 12.6 Å². The van der Waals surface area contributed by atoms with Crippen LogP contribution in [0.4, 0.5) is 11.4 Å². The van der Waals surface area contributed by atoms with Gasteiger partial charge in [0.15, 0.2) is 0 Å². The van der Waals surface area contributed by atoms with Gasteiger partial charge in [0, 0.05) is 30.6 Å². The predicted molar refractivity (Wildman–Crippen MR) is 159 cm³/mol. The molecule has 3 aromatic carbocycles. The third-order valence-corrected chi connectivity index (χ3v) is 7.39. The lowest BCUT2D eigenvalue weighted by atomic mass is 10.0. The third-order valence-electron chi connectivity index (χ3n) is 6.25. The van der Waals surface area contributed by atoms with Crippen LogP contribution in [0.5, 0.6) is 0 Å². The van der Waals surface area contributed by atoms with Gasteiger partial charge >= 0.3 is 0 Å². The van der Waals surface area contributed by atoms with Crippen molar-refractivity contribution in [3.8, 4) is 0 Å². The lowest BCUT2D eigenvalue weighted by Gasteiger charge is -2.35. The van der Waals surface area contributed by atoms with Gasteiger partial charge in [-0.25, -0.2) is 8.42 Å². The van der Waals surface area contributed by atoms with Crippen molar-refractivity contribution in [2.75, 3.05) is 17.1 Å². The van der Waals surface area contributed by atoms with Crippen molar-refractivity contribution in [1.29, 1.82) is 0 Å². The van der Waals surface area contributed by atoms with Gasteiger partial charge in [0.25, 0.3) is 5.69 Å². The smallest absolute Gasteiger partial charge is 0.271 e. The van der Waals surface area contributed by atoms with Gasteiger partial charge in [-0.1, -0.05) is 66.2 Å². The molecule has 0 fully saturated rings. The van der Waals surface area contributed by atoms with Crippen molar-refractivity contribution in [3.63, 3.8) is 0 Å². The Hall–Kier alpha value is -4.25. The molecule has 0 saturated carbocycles. The molecule has 10 nitrogen and oxygen atoms in total. The maximum Gasteiger partial charge on any atom is 0.271 e. The summed E-state index contributed by atoms with van der Waals surface area (Å²) >= 11 is 0. The molecule has 0 heterocycles. The summed E-state index contributed by atoms with van der Waals surface area (Å²) in [4.78, 5) is 39.9. The molecule has 0 aromatic heterocycles. The average molecular weight is 581 g/mol. The maximum absolute atomic E-state index is 14.1. The van der Waals surface area contributed by atoms with Crippen LogP contribution in [0.15, 0.2) is 78.9 Å². The van der Waals surface area contributed by atoms with Gasteiger partial charge in [-0.2, -0.15) is 0 Å². The van der Waals surface area contributed by atoms with Crippen LogP contribution >= 0.6 is 0 Å². The first-order valence-corrected chi connectivity index (χ1v) is 14.9. The van der Waals surface area contributed by atoms with E-state index in [1.54, 1.807) is 0 Å². The van der Waals surface area contributed by atoms with Crippen LogP contribution in [0, 0.1) is 17.0 Å². The summed E-state index contributed by atoms with van der Waals surface area (Å²) in [6.45, 7) is 6.84. The molecule has 2 amide bonds. The van der Waals surface area contributed by atoms with E-state index < -0.39 is 39.0 Å². The number of rotatable bonds is 11. The van der Waals surface area contributed by atoms with Crippen molar-refractivity contribution < 1.29 is 22.9 Å². The number of sulfonamides is 1. The highest BCUT2D eigenvalue weighted by Crippen LogP contribution is 2.24. The predicted octanol–water partition coefficient (Wildman–Crippen LogP) is 4.22. The van der Waals surface area contributed by atoms with Crippen LogP contribution < -0.4 is 9.62 Å². The van der Waals surface area contributed by atoms with Crippen molar-refractivity contribution in [1.82, 2.24) is 10.2 Å². The number of amides is 2. The summed E-state index contributed by atoms with van der Waals surface area (Å²) in [6, 6.07) is 20.9. The second kappa shape index (κ2) is 12.9. The number of nitrogens with zero attached hydrogens (tertiary/aromatic N) is 3. The van der Waals surface area contributed by atoms with Gasteiger partial charge in [-0.3, -0.25) is 24.0 Å². The molecule has 11 heteroatoms. The molecule has 0 unspecified atom stereocenters. The van der Waals surface area contributed by atoms with Gasteiger partial charge in [0.2, 0.25) is 21.8 Å². The fourth-order valence-corrected chi connectivity index (χ4v) is 5.11. The van der Waals surface area contributed by atoms with E-state index in [1.807, 2.05) is 82.3 Å². The topological polar surface area (TPSA) is 130 Å². The summed E-state index contributed by atoms with van der Waals surface area (Å²) in [6.07, 6.45) is 1.12. The van der Waals surface area contributed by atoms with E-state index in [1.165, 1.54) is 23.1 Å². The van der Waals surface area contributed by atoms with Crippen molar-refractivity contribution in [2.45, 2.75) is 52.2 Å². The average Bonchev–Trinajstić information content (AvgIpc) is 2.89. The summed E-state index contributed by atoms with van der Waals surface area (Å²) in [7, 11) is -4.04. The van der Waals surface area contributed by atoms with Gasteiger partial charge in [0.05, 0.1) is 16.9 Å². The van der Waals surface area contributed by atoms with E-state index in [4.69, 9.17) is 0 Å². The highest BCUT2D eigenvalue weighted by molar-refractivity contribution is 7.92. The number of carbonyl (C=O) groups is 2. The van der Waals surface area contributed by atoms with Gasteiger partial charge < -0.3 is 10.2 Å². The summed E-state index contributed by atoms with van der Waals surface area (Å²) in [5.41, 5.74) is 1.67. The van der Waals surface area contributed by atoms with E-state index >= 15 is 0 Å². The van der Waals surface area contributed by atoms with E-state index in [0.29, 0.717) is 0 Å². The van der Waals surface area contributed by atoms with E-state index in [-0.39, 0.29) is 30.2 Å². The van der Waals surface area contributed by atoms with Crippen molar-refractivity contribution in [2.24, 2.45) is 0 Å². The summed E-state index contributed by atoms with van der Waals surface area (Å²) in [5, 5.41) is 14.3. The Morgan fingerprint density at radius 1 is 0.951 bits per heavy atom. The lowest BCUT2D eigenvalue weighted by Crippen LogP contribution is -2.56. The fraction of sp³-hybridized carbons (Fsp3) is 0.333. The number of aryl methyl sites for hydroxylation is 1. The molecule has 0 aliphatic rings. The van der Waals surface area contributed by atoms with E-state index in [9.17, 15) is 28.1 Å². The maximum atomic E-state index is 14.1. The zero-order chi connectivity index (χ0) is 30.4. The minimum Gasteiger partial charge on any atom is -0.350 e. The third kappa shape index (κ3) is 9.14. The molecule has 0 aliphatic heterocycles. The number of anilines is 1. The van der Waals surface area contributed by atoms with Crippen molar-refractivity contribution >= 4 is 33.2 Å². The number of benzene rings is 3. The first kappa shape index (κ1) is 31.3. The molecule has 0 aliphatic carbocycles. The number of nitro groups is 1. The second-order valence-corrected chi connectivity index (χ2v) is 12.9. The Kier molecular flexibility index (Phi) is 9.88. The molecule has 0 saturated heterocycles. The van der Waals surface area contributed by atoms with Crippen LogP contribution in [-0.4, -0.2) is 54.4 Å². The number of hydrogen-bond donors (Lipinski definition) is 1. The molecule has 0 bridgehead atoms. The first-order valence-electron chi connectivity index (χ1n) is 13.1. The Balaban J connectivity index is 2.09. The zero-order valence-electron chi connectivity index (χ0n) is 23.9. The summed E-state index contributed by atoms with van der Waals surface area (Å²) in [5.74, 6) is -1.02. The lowest BCUT2D eigenvalue weighted by molar-refractivity contribution is -0.384. The second-order valence-electron chi connectivity index (χ2n) is 11.0. The SMILES string of the molecule is Cc1ccc(CN(C(=O)CN(c2cccc([N+](=O)[O-])c2)S(C)(=O)=O)[C@@H](Cc2ccccc2)C(=O)NC(C)(C)C)cc1. The Morgan fingerprint density at radius 3 is 2.15 bits per heavy atom. The number of nitrogens with one attached hydrogen (secondary N) is 1. The Labute approximate surface area is 241 Å². The largest absolute Gasteiger partial charge is 0.350 e. The van der Waals surface area contributed by atoms with Crippen LogP contribution in [0.3, 0.4) is 0 Å². The number of non-ortho nitro benzene ring substituents is 1. The molecule has 3 rings (SSSR count). The van der Waals surface area contributed by atoms with Crippen molar-refractivity contribution in [3.05, 3.63) is 106 Å². The summed E-state index contributed by atoms with van der Waals surface area (Å²) < 4.78 is 26.5. The standard InChI is InChI=1S/C30H36N4O6S/c1-22-14-16-24(17-15-22)20-32(27(29(36)31-30(2,3)4)18-23-10-7-6-8-11-23)28(35)21-33(41(5,39)40)25-12-9-13-26(19-25)34(37)38/h6-17,19,27H,18,20-21H2,1-5H3,(H,31,36)/t27-/m0/s1. The minimum absolute atomic E-state index is 0.0240. The molecule has 218 valence electrons. The molecule has 41 heavy (non-hydrogen) atoms. The quantitative estimate of drug-likeness (QED) is 0.267. The van der Waals surface area contributed by atoms with E-state index in [2.05, 4.69) is 5.32 Å². The Morgan fingerprint density at radius 2 is 1.59 bits per heavy atom.